The van der Waals surface area contributed by atoms with Crippen molar-refractivity contribution in [1.29, 1.82) is 0 Å². The average molecular weight is 1270 g/mol. The molecule has 0 aliphatic heterocycles. The smallest absolute Gasteiger partial charge is 0.509 e. The molecule has 0 fully saturated rings. The quantitative estimate of drug-likeness (QED) is 0.141. The van der Waals surface area contributed by atoms with Gasteiger partial charge in [0.15, 0.2) is 0 Å². The summed E-state index contributed by atoms with van der Waals surface area (Å²) in [7, 11) is 0. The molecule has 6 heterocycles. The first-order valence-electron chi connectivity index (χ1n) is 22.5. The van der Waals surface area contributed by atoms with Gasteiger partial charge < -0.3 is 23.2 Å². The molecule has 14 rings (SSSR count). The van der Waals surface area contributed by atoms with Gasteiger partial charge in [0.1, 0.15) is 11.6 Å². The summed E-state index contributed by atoms with van der Waals surface area (Å²) in [6.45, 7) is 0. The van der Waals surface area contributed by atoms with Gasteiger partial charge in [-0.1, -0.05) is 107 Å². The SMILES string of the molecule is [Pt+2].[Pt+2].[c-]1c(Oc2[c-]c3c(cc2)c2ccccc2n3-c2ccccn2)ccc2c3ccc(Oc4[c-]c5c(cc4)c4ccccc4n5-c4ccccn4)[c-]c3n(-c3ncc4cc(-c5ccccc5)ccc4n3)c12. The molecule has 6 aromatic heterocycles. The van der Waals surface area contributed by atoms with Gasteiger partial charge in [-0.2, -0.15) is 35.0 Å². The fourth-order valence-corrected chi connectivity index (χ4v) is 9.64. The molecule has 14 aromatic rings. The second kappa shape index (κ2) is 17.9. The summed E-state index contributed by atoms with van der Waals surface area (Å²) in [5, 5.41) is 7.08. The molecular formula is C60H33N7O2Pt2. The molecule has 0 saturated carbocycles. The van der Waals surface area contributed by atoms with E-state index in [1.54, 1.807) is 12.4 Å². The Hall–Kier alpha value is -8.22. The Kier molecular flexibility index (Phi) is 11.1. The molecular weight excluding hydrogens is 1240 g/mol. The zero-order valence-electron chi connectivity index (χ0n) is 37.1. The predicted molar refractivity (Wildman–Crippen MR) is 272 cm³/mol. The Balaban J connectivity index is 0.00000259. The topological polar surface area (TPSA) is 84.8 Å². The number of para-hydroxylation sites is 2. The van der Waals surface area contributed by atoms with Crippen LogP contribution in [0.5, 0.6) is 23.0 Å². The van der Waals surface area contributed by atoms with Crippen LogP contribution in [0.15, 0.2) is 201 Å². The number of pyridine rings is 2. The van der Waals surface area contributed by atoms with Crippen molar-refractivity contribution in [3.63, 3.8) is 0 Å². The third-order valence-electron chi connectivity index (χ3n) is 12.7. The van der Waals surface area contributed by atoms with E-state index in [2.05, 4.69) is 94.1 Å². The number of nitrogens with zero attached hydrogens (tertiary/aromatic N) is 7. The third-order valence-corrected chi connectivity index (χ3v) is 12.7. The van der Waals surface area contributed by atoms with Crippen LogP contribution in [0.1, 0.15) is 0 Å². The summed E-state index contributed by atoms with van der Waals surface area (Å²) in [6.07, 6.45) is 5.48. The fourth-order valence-electron chi connectivity index (χ4n) is 9.64. The van der Waals surface area contributed by atoms with E-state index in [0.29, 0.717) is 40.0 Å². The maximum atomic E-state index is 6.65. The first-order chi connectivity index (χ1) is 34.2. The Morgan fingerprint density at radius 1 is 0.366 bits per heavy atom. The molecule has 9 nitrogen and oxygen atoms in total. The van der Waals surface area contributed by atoms with Gasteiger partial charge in [0.25, 0.3) is 0 Å². The van der Waals surface area contributed by atoms with Crippen molar-refractivity contribution < 1.29 is 51.6 Å². The summed E-state index contributed by atoms with van der Waals surface area (Å²) in [6, 6.07) is 75.3. The van der Waals surface area contributed by atoms with Gasteiger partial charge in [-0.15, -0.1) is 59.3 Å². The number of hydrogen-bond donors (Lipinski definition) is 0. The minimum absolute atomic E-state index is 0. The van der Waals surface area contributed by atoms with E-state index in [9.17, 15) is 0 Å². The molecule has 340 valence electrons. The van der Waals surface area contributed by atoms with Crippen LogP contribution >= 0.6 is 0 Å². The first kappa shape index (κ1) is 44.0. The zero-order valence-corrected chi connectivity index (χ0v) is 41.7. The molecule has 0 saturated heterocycles. The van der Waals surface area contributed by atoms with Crippen molar-refractivity contribution in [2.45, 2.75) is 0 Å². The fraction of sp³-hybridized carbons (Fsp3) is 0. The largest absolute Gasteiger partial charge is 2.00 e. The Morgan fingerprint density at radius 3 is 1.31 bits per heavy atom. The molecule has 0 aliphatic rings. The van der Waals surface area contributed by atoms with E-state index < -0.39 is 0 Å². The van der Waals surface area contributed by atoms with Gasteiger partial charge in [0, 0.05) is 58.0 Å². The Labute approximate surface area is 435 Å². The summed E-state index contributed by atoms with van der Waals surface area (Å²) >= 11 is 0. The second-order valence-electron chi connectivity index (χ2n) is 16.8. The Morgan fingerprint density at radius 2 is 0.817 bits per heavy atom. The van der Waals surface area contributed by atoms with Gasteiger partial charge >= 0.3 is 42.1 Å². The van der Waals surface area contributed by atoms with Crippen molar-refractivity contribution in [3.8, 4) is 51.7 Å². The molecule has 0 aliphatic carbocycles. The van der Waals surface area contributed by atoms with E-state index in [1.807, 2.05) is 132 Å². The van der Waals surface area contributed by atoms with Gasteiger partial charge in [-0.3, -0.25) is 0 Å². The summed E-state index contributed by atoms with van der Waals surface area (Å²) < 4.78 is 19.5. The van der Waals surface area contributed by atoms with Crippen LogP contribution in [0.2, 0.25) is 0 Å². The molecule has 0 unspecified atom stereocenters. The van der Waals surface area contributed by atoms with Crippen molar-refractivity contribution in [2.75, 3.05) is 0 Å². The van der Waals surface area contributed by atoms with E-state index in [0.717, 1.165) is 88.0 Å². The monoisotopic (exact) mass is 1270 g/mol. The minimum Gasteiger partial charge on any atom is -0.509 e. The standard InChI is InChI=1S/C60H33N7O2.2Pt/c1-2-12-38(13-3-1)39-20-29-51-40(32-39)37-63-60(64-51)67-56-35-43(68-41-21-25-47-45-14-4-6-16-52(45)65(54(47)33-41)58-18-8-10-30-61-58)23-27-49(56)50-28-24-44(36-57(50)67)69-42-22-26-48-46-15-5-7-17-53(46)66(55(48)34-42)59-19-9-11-31-62-59;;/h1-32,37H;;/q-4;2*+2. The normalized spacial score (nSPS) is 11.4. The molecule has 0 spiro atoms. The molecule has 0 bridgehead atoms. The predicted octanol–water partition coefficient (Wildman–Crippen LogP) is 14.2. The van der Waals surface area contributed by atoms with E-state index in [1.165, 1.54) is 0 Å². The van der Waals surface area contributed by atoms with E-state index in [4.69, 9.17) is 29.4 Å². The summed E-state index contributed by atoms with van der Waals surface area (Å²) in [4.78, 5) is 19.6. The van der Waals surface area contributed by atoms with E-state index in [-0.39, 0.29) is 42.1 Å². The molecule has 71 heavy (non-hydrogen) atoms. The molecule has 8 aromatic carbocycles. The van der Waals surface area contributed by atoms with Crippen LogP contribution in [0.3, 0.4) is 0 Å². The maximum Gasteiger partial charge on any atom is 2.00 e. The number of aromatic nitrogens is 7. The van der Waals surface area contributed by atoms with Crippen LogP contribution in [-0.4, -0.2) is 33.6 Å². The van der Waals surface area contributed by atoms with Crippen LogP contribution < -0.4 is 9.47 Å². The number of fused-ring (bicyclic) bond motifs is 10. The van der Waals surface area contributed by atoms with Gasteiger partial charge in [-0.25, -0.2) is 19.9 Å². The molecule has 0 amide bonds. The number of rotatable bonds is 8. The van der Waals surface area contributed by atoms with Gasteiger partial charge in [0.2, 0.25) is 5.95 Å². The van der Waals surface area contributed by atoms with E-state index >= 15 is 0 Å². The zero-order chi connectivity index (χ0) is 45.4. The molecule has 0 atom stereocenters. The molecule has 11 heteroatoms. The number of ether oxygens (including phenoxy) is 2. The van der Waals surface area contributed by atoms with Crippen LogP contribution in [-0.2, 0) is 42.1 Å². The van der Waals surface area contributed by atoms with Gasteiger partial charge in [0.05, 0.1) is 5.52 Å². The minimum atomic E-state index is 0. The first-order valence-corrected chi connectivity index (χ1v) is 22.5. The molecule has 0 N–H and O–H groups in total. The summed E-state index contributed by atoms with van der Waals surface area (Å²) in [5.41, 5.74) is 8.24. The van der Waals surface area contributed by atoms with Crippen molar-refractivity contribution in [1.82, 2.24) is 33.6 Å². The van der Waals surface area contributed by atoms with Gasteiger partial charge in [-0.05, 0) is 70.4 Å². The van der Waals surface area contributed by atoms with Crippen molar-refractivity contribution >= 4 is 76.3 Å². The Bertz CT molecular complexity index is 4110. The van der Waals surface area contributed by atoms with Crippen LogP contribution in [0, 0.1) is 24.3 Å². The van der Waals surface area contributed by atoms with Crippen molar-refractivity contribution in [2.24, 2.45) is 0 Å². The molecule has 0 radical (unpaired) electrons. The number of benzene rings is 8. The second-order valence-corrected chi connectivity index (χ2v) is 16.8. The summed E-state index contributed by atoms with van der Waals surface area (Å²) in [5.74, 6) is 4.12. The average Bonchev–Trinajstić information content (AvgIpc) is 4.03. The van der Waals surface area contributed by atoms with Crippen LogP contribution in [0.4, 0.5) is 0 Å². The maximum absolute atomic E-state index is 6.65. The third kappa shape index (κ3) is 7.48. The number of hydrogen-bond acceptors (Lipinski definition) is 6. The van der Waals surface area contributed by atoms with Crippen LogP contribution in [0.25, 0.3) is 105 Å². The van der Waals surface area contributed by atoms with Crippen molar-refractivity contribution in [3.05, 3.63) is 225 Å².